The summed E-state index contributed by atoms with van der Waals surface area (Å²) in [6.45, 7) is 1.85. The zero-order chi connectivity index (χ0) is 18.4. The number of benzene rings is 3. The molecule has 0 heterocycles. The van der Waals surface area contributed by atoms with Gasteiger partial charge in [-0.05, 0) is 24.6 Å². The molecule has 0 aliphatic rings. The van der Waals surface area contributed by atoms with Crippen molar-refractivity contribution < 1.29 is 4.79 Å². The number of ketones is 1. The van der Waals surface area contributed by atoms with Gasteiger partial charge in [-0.2, -0.15) is 5.10 Å². The fourth-order valence-electron chi connectivity index (χ4n) is 2.43. The van der Waals surface area contributed by atoms with Crippen molar-refractivity contribution in [3.8, 4) is 0 Å². The summed E-state index contributed by atoms with van der Waals surface area (Å²) in [5.74, 6) is -0.163. The first-order chi connectivity index (χ1) is 12.6. The molecule has 0 bridgehead atoms. The summed E-state index contributed by atoms with van der Waals surface area (Å²) in [6, 6.07) is 25.8. The Morgan fingerprint density at radius 1 is 0.692 bits per heavy atom. The lowest BCUT2D eigenvalue weighted by atomic mass is 10.0. The SMILES string of the molecule is CC(=NN=C(C(=O)c1ccccc1)c1ccccc1)c1ccc(Cl)cc1. The second kappa shape index (κ2) is 8.37. The van der Waals surface area contributed by atoms with Gasteiger partial charge in [-0.15, -0.1) is 5.10 Å². The third-order valence-electron chi connectivity index (χ3n) is 3.86. The Morgan fingerprint density at radius 2 is 1.23 bits per heavy atom. The number of carbonyl (C=O) groups excluding carboxylic acids is 1. The van der Waals surface area contributed by atoms with Crippen LogP contribution in [0.3, 0.4) is 0 Å². The van der Waals surface area contributed by atoms with Gasteiger partial charge >= 0.3 is 0 Å². The monoisotopic (exact) mass is 360 g/mol. The predicted octanol–water partition coefficient (Wildman–Crippen LogP) is 5.44. The van der Waals surface area contributed by atoms with E-state index in [1.807, 2.05) is 67.6 Å². The van der Waals surface area contributed by atoms with E-state index in [1.165, 1.54) is 0 Å². The van der Waals surface area contributed by atoms with Crippen molar-refractivity contribution in [3.63, 3.8) is 0 Å². The van der Waals surface area contributed by atoms with Crippen LogP contribution in [0.5, 0.6) is 0 Å². The summed E-state index contributed by atoms with van der Waals surface area (Å²) >= 11 is 5.92. The number of Topliss-reactive ketones (excluding diaryl/α,β-unsaturated/α-hetero) is 1. The van der Waals surface area contributed by atoms with E-state index in [0.717, 1.165) is 11.1 Å². The Bertz CT molecular complexity index is 946. The Morgan fingerprint density at radius 3 is 1.81 bits per heavy atom. The van der Waals surface area contributed by atoms with Gasteiger partial charge in [0, 0.05) is 16.1 Å². The van der Waals surface area contributed by atoms with Gasteiger partial charge in [-0.1, -0.05) is 84.4 Å². The van der Waals surface area contributed by atoms with Gasteiger partial charge in [-0.25, -0.2) is 0 Å². The van der Waals surface area contributed by atoms with Crippen molar-refractivity contribution in [2.75, 3.05) is 0 Å². The van der Waals surface area contributed by atoms with Crippen molar-refractivity contribution in [3.05, 3.63) is 107 Å². The molecule has 0 aliphatic carbocycles. The van der Waals surface area contributed by atoms with Crippen LogP contribution in [0.1, 0.15) is 28.4 Å². The fourth-order valence-corrected chi connectivity index (χ4v) is 2.56. The molecule has 3 aromatic carbocycles. The number of carbonyl (C=O) groups is 1. The van der Waals surface area contributed by atoms with E-state index in [0.29, 0.717) is 22.0 Å². The molecule has 0 saturated carbocycles. The minimum Gasteiger partial charge on any atom is -0.287 e. The minimum absolute atomic E-state index is 0.163. The van der Waals surface area contributed by atoms with Crippen molar-refractivity contribution in [1.82, 2.24) is 0 Å². The van der Waals surface area contributed by atoms with Crippen LogP contribution in [0.2, 0.25) is 5.02 Å². The summed E-state index contributed by atoms with van der Waals surface area (Å²) in [6.07, 6.45) is 0. The highest BCUT2D eigenvalue weighted by molar-refractivity contribution is 6.51. The Hall–Kier alpha value is -3.04. The highest BCUT2D eigenvalue weighted by atomic mass is 35.5. The van der Waals surface area contributed by atoms with Crippen LogP contribution in [-0.2, 0) is 0 Å². The van der Waals surface area contributed by atoms with Crippen LogP contribution < -0.4 is 0 Å². The van der Waals surface area contributed by atoms with Crippen LogP contribution in [0, 0.1) is 0 Å². The van der Waals surface area contributed by atoms with Crippen LogP contribution in [-0.4, -0.2) is 17.2 Å². The second-order valence-electron chi connectivity index (χ2n) is 5.70. The van der Waals surface area contributed by atoms with E-state index >= 15 is 0 Å². The van der Waals surface area contributed by atoms with Gasteiger partial charge in [0.25, 0.3) is 0 Å². The van der Waals surface area contributed by atoms with Gasteiger partial charge in [0.15, 0.2) is 0 Å². The predicted molar refractivity (Wildman–Crippen MR) is 107 cm³/mol. The Labute approximate surface area is 157 Å². The molecule has 3 nitrogen and oxygen atoms in total. The quantitative estimate of drug-likeness (QED) is 0.339. The molecule has 4 heteroatoms. The van der Waals surface area contributed by atoms with Crippen molar-refractivity contribution in [2.24, 2.45) is 10.2 Å². The summed E-state index contributed by atoms with van der Waals surface area (Å²) in [7, 11) is 0. The number of hydrogen-bond acceptors (Lipinski definition) is 3. The molecule has 0 aromatic heterocycles. The summed E-state index contributed by atoms with van der Waals surface area (Å²) < 4.78 is 0. The first kappa shape index (κ1) is 17.8. The molecule has 0 atom stereocenters. The Balaban J connectivity index is 2.00. The van der Waals surface area contributed by atoms with Gasteiger partial charge in [0.05, 0.1) is 5.71 Å². The van der Waals surface area contributed by atoms with Gasteiger partial charge in [-0.3, -0.25) is 4.79 Å². The van der Waals surface area contributed by atoms with Gasteiger partial charge in [0.1, 0.15) is 5.71 Å². The molecule has 0 aliphatic heterocycles. The standard InChI is InChI=1S/C22H17ClN2O/c1-16(17-12-14-20(23)15-13-17)24-25-21(18-8-4-2-5-9-18)22(26)19-10-6-3-7-11-19/h2-15H,1H3. The lowest BCUT2D eigenvalue weighted by molar-refractivity contribution is 0.106. The van der Waals surface area contributed by atoms with Gasteiger partial charge in [0.2, 0.25) is 5.78 Å². The number of rotatable bonds is 5. The Kier molecular flexibility index (Phi) is 5.72. The molecule has 3 rings (SSSR count). The minimum atomic E-state index is -0.163. The summed E-state index contributed by atoms with van der Waals surface area (Å²) in [5, 5.41) is 9.24. The van der Waals surface area contributed by atoms with Crippen molar-refractivity contribution in [2.45, 2.75) is 6.92 Å². The molecule has 3 aromatic rings. The lowest BCUT2D eigenvalue weighted by Gasteiger charge is -2.05. The van der Waals surface area contributed by atoms with E-state index in [-0.39, 0.29) is 5.78 Å². The van der Waals surface area contributed by atoms with Crippen LogP contribution in [0.15, 0.2) is 95.1 Å². The average molecular weight is 361 g/mol. The first-order valence-corrected chi connectivity index (χ1v) is 8.56. The topological polar surface area (TPSA) is 41.8 Å². The highest BCUT2D eigenvalue weighted by Gasteiger charge is 2.16. The van der Waals surface area contributed by atoms with Gasteiger partial charge < -0.3 is 0 Å². The molecule has 26 heavy (non-hydrogen) atoms. The van der Waals surface area contributed by atoms with Crippen molar-refractivity contribution in [1.29, 1.82) is 0 Å². The fraction of sp³-hybridized carbons (Fsp3) is 0.0455. The first-order valence-electron chi connectivity index (χ1n) is 8.18. The molecular formula is C22H17ClN2O. The van der Waals surface area contributed by atoms with Crippen LogP contribution in [0.25, 0.3) is 0 Å². The second-order valence-corrected chi connectivity index (χ2v) is 6.14. The average Bonchev–Trinajstić information content (AvgIpc) is 2.70. The molecule has 0 radical (unpaired) electrons. The maximum atomic E-state index is 12.9. The largest absolute Gasteiger partial charge is 0.287 e. The van der Waals surface area contributed by atoms with Crippen LogP contribution >= 0.6 is 11.6 Å². The molecule has 0 spiro atoms. The van der Waals surface area contributed by atoms with E-state index < -0.39 is 0 Å². The molecular weight excluding hydrogens is 344 g/mol. The van der Waals surface area contributed by atoms with E-state index in [2.05, 4.69) is 10.2 Å². The summed E-state index contributed by atoms with van der Waals surface area (Å²) in [5.41, 5.74) is 3.22. The number of halogens is 1. The van der Waals surface area contributed by atoms with Crippen molar-refractivity contribution >= 4 is 28.8 Å². The molecule has 128 valence electrons. The number of hydrogen-bond donors (Lipinski definition) is 0. The zero-order valence-corrected chi connectivity index (χ0v) is 15.0. The molecule has 0 N–H and O–H groups in total. The smallest absolute Gasteiger partial charge is 0.213 e. The maximum absolute atomic E-state index is 12.9. The third-order valence-corrected chi connectivity index (χ3v) is 4.11. The summed E-state index contributed by atoms with van der Waals surface area (Å²) in [4.78, 5) is 12.9. The molecule has 0 saturated heterocycles. The molecule has 0 amide bonds. The molecule has 0 fully saturated rings. The van der Waals surface area contributed by atoms with E-state index in [9.17, 15) is 4.79 Å². The number of nitrogens with zero attached hydrogens (tertiary/aromatic N) is 2. The zero-order valence-electron chi connectivity index (χ0n) is 14.3. The maximum Gasteiger partial charge on any atom is 0.213 e. The van der Waals surface area contributed by atoms with E-state index in [4.69, 9.17) is 11.6 Å². The normalized spacial score (nSPS) is 12.1. The van der Waals surface area contributed by atoms with Crippen LogP contribution in [0.4, 0.5) is 0 Å². The third kappa shape index (κ3) is 4.32. The lowest BCUT2D eigenvalue weighted by Crippen LogP contribution is -2.15. The molecule has 0 unspecified atom stereocenters. The highest BCUT2D eigenvalue weighted by Crippen LogP contribution is 2.12. The van der Waals surface area contributed by atoms with E-state index in [1.54, 1.807) is 24.3 Å².